The molecule has 1 N–H and O–H groups in total. The standard InChI is InChI=1S/C28H19BO3/c30-29-32-25-17-19-11-4-5-13-21(19)26-24-16-8-15-23(27(24)31-28(25)26)22-14-7-6-12-20(22)18-9-2-1-3-10-18/h1-17,29-30H. The molecule has 0 aliphatic heterocycles. The molecule has 1 heterocycles. The van der Waals surface area contributed by atoms with Crippen LogP contribution in [0, 0.1) is 0 Å². The highest BCUT2D eigenvalue weighted by atomic mass is 16.5. The summed E-state index contributed by atoms with van der Waals surface area (Å²) in [5, 5.41) is 13.6. The molecule has 0 radical (unpaired) electrons. The van der Waals surface area contributed by atoms with Crippen LogP contribution in [0.15, 0.2) is 108 Å². The third-order valence-corrected chi connectivity index (χ3v) is 5.98. The van der Waals surface area contributed by atoms with E-state index < -0.39 is 7.69 Å². The first-order chi connectivity index (χ1) is 15.8. The topological polar surface area (TPSA) is 42.6 Å². The summed E-state index contributed by atoms with van der Waals surface area (Å²) in [6, 6.07) is 35.1. The average molecular weight is 414 g/mol. The van der Waals surface area contributed by atoms with E-state index >= 15 is 0 Å². The molecular weight excluding hydrogens is 395 g/mol. The number of benzene rings is 5. The molecule has 0 aliphatic rings. The van der Waals surface area contributed by atoms with Crippen molar-refractivity contribution in [2.45, 2.75) is 0 Å². The second-order valence-electron chi connectivity index (χ2n) is 7.77. The van der Waals surface area contributed by atoms with E-state index in [1.165, 1.54) is 0 Å². The largest absolute Gasteiger partial charge is 0.536 e. The second kappa shape index (κ2) is 7.59. The summed E-state index contributed by atoms with van der Waals surface area (Å²) in [6.07, 6.45) is 0. The molecule has 0 fully saturated rings. The Morgan fingerprint density at radius 3 is 2.16 bits per heavy atom. The van der Waals surface area contributed by atoms with Gasteiger partial charge in [-0.2, -0.15) is 0 Å². The van der Waals surface area contributed by atoms with Crippen LogP contribution in [-0.4, -0.2) is 12.7 Å². The van der Waals surface area contributed by atoms with E-state index in [1.54, 1.807) is 0 Å². The number of fused-ring (bicyclic) bond motifs is 5. The van der Waals surface area contributed by atoms with Crippen LogP contribution in [0.3, 0.4) is 0 Å². The summed E-state index contributed by atoms with van der Waals surface area (Å²) in [5.74, 6) is 0.541. The van der Waals surface area contributed by atoms with E-state index in [0.717, 1.165) is 49.4 Å². The Balaban J connectivity index is 1.71. The van der Waals surface area contributed by atoms with Crippen molar-refractivity contribution in [1.82, 2.24) is 0 Å². The lowest BCUT2D eigenvalue weighted by atomic mass is 9.93. The molecule has 0 unspecified atom stereocenters. The Labute approximate surface area is 185 Å². The fourth-order valence-electron chi connectivity index (χ4n) is 4.59. The Kier molecular flexibility index (Phi) is 4.44. The minimum Gasteiger partial charge on any atom is -0.536 e. The van der Waals surface area contributed by atoms with Gasteiger partial charge >= 0.3 is 7.69 Å². The van der Waals surface area contributed by atoms with Crippen molar-refractivity contribution in [2.75, 3.05) is 0 Å². The Hall–Kier alpha value is -4.02. The molecule has 5 aromatic carbocycles. The second-order valence-corrected chi connectivity index (χ2v) is 7.77. The highest BCUT2D eigenvalue weighted by Gasteiger charge is 2.19. The predicted molar refractivity (Wildman–Crippen MR) is 132 cm³/mol. The van der Waals surface area contributed by atoms with Crippen molar-refractivity contribution >= 4 is 40.4 Å². The van der Waals surface area contributed by atoms with Crippen molar-refractivity contribution < 1.29 is 14.1 Å². The SMILES string of the molecule is OBOc1cc2ccccc2c2c1oc1c(-c3ccccc3-c3ccccc3)cccc12. The zero-order valence-corrected chi connectivity index (χ0v) is 17.3. The molecule has 1 aromatic heterocycles. The quantitative estimate of drug-likeness (QED) is 0.326. The van der Waals surface area contributed by atoms with E-state index in [-0.39, 0.29) is 0 Å². The molecule has 6 rings (SSSR count). The molecule has 6 aromatic rings. The molecule has 0 atom stereocenters. The van der Waals surface area contributed by atoms with Gasteiger partial charge in [-0.25, -0.2) is 0 Å². The van der Waals surface area contributed by atoms with Gasteiger partial charge in [0.1, 0.15) is 11.3 Å². The molecule has 32 heavy (non-hydrogen) atoms. The van der Waals surface area contributed by atoms with E-state index in [9.17, 15) is 5.02 Å². The molecule has 152 valence electrons. The van der Waals surface area contributed by atoms with E-state index in [1.807, 2.05) is 30.3 Å². The van der Waals surface area contributed by atoms with Crippen molar-refractivity contribution in [3.05, 3.63) is 103 Å². The average Bonchev–Trinajstić information content (AvgIpc) is 3.25. The Morgan fingerprint density at radius 2 is 1.31 bits per heavy atom. The maximum atomic E-state index is 9.46. The predicted octanol–water partition coefficient (Wildman–Crippen LogP) is 6.71. The van der Waals surface area contributed by atoms with Gasteiger partial charge in [0.25, 0.3) is 0 Å². The molecule has 0 aliphatic carbocycles. The molecular formula is C28H19BO3. The third-order valence-electron chi connectivity index (χ3n) is 5.98. The van der Waals surface area contributed by atoms with Crippen molar-refractivity contribution in [1.29, 1.82) is 0 Å². The van der Waals surface area contributed by atoms with Crippen molar-refractivity contribution in [3.8, 4) is 28.0 Å². The number of rotatable bonds is 4. The molecule has 0 spiro atoms. The van der Waals surface area contributed by atoms with Crippen LogP contribution >= 0.6 is 0 Å². The zero-order valence-electron chi connectivity index (χ0n) is 17.3. The van der Waals surface area contributed by atoms with Crippen LogP contribution in [-0.2, 0) is 0 Å². The summed E-state index contributed by atoms with van der Waals surface area (Å²) >= 11 is 0. The van der Waals surface area contributed by atoms with Gasteiger partial charge in [-0.1, -0.05) is 97.1 Å². The summed E-state index contributed by atoms with van der Waals surface area (Å²) in [4.78, 5) is 0. The van der Waals surface area contributed by atoms with Gasteiger partial charge in [0, 0.05) is 16.3 Å². The summed E-state index contributed by atoms with van der Waals surface area (Å²) in [7, 11) is -0.409. The van der Waals surface area contributed by atoms with Gasteiger partial charge in [0.2, 0.25) is 0 Å². The molecule has 0 bridgehead atoms. The number of hydrogen-bond donors (Lipinski definition) is 1. The lowest BCUT2D eigenvalue weighted by molar-refractivity contribution is 0.451. The van der Waals surface area contributed by atoms with Gasteiger partial charge in [-0.05, 0) is 33.5 Å². The summed E-state index contributed by atoms with van der Waals surface area (Å²) in [6.45, 7) is 0. The van der Waals surface area contributed by atoms with Gasteiger partial charge in [-0.3, -0.25) is 0 Å². The smallest absolute Gasteiger partial charge is 0.504 e. The summed E-state index contributed by atoms with van der Waals surface area (Å²) < 4.78 is 12.0. The zero-order chi connectivity index (χ0) is 21.5. The first-order valence-corrected chi connectivity index (χ1v) is 10.6. The normalized spacial score (nSPS) is 11.3. The third kappa shape index (κ3) is 2.88. The van der Waals surface area contributed by atoms with Gasteiger partial charge in [0.15, 0.2) is 5.58 Å². The maximum Gasteiger partial charge on any atom is 0.504 e. The minimum atomic E-state index is -0.409. The Morgan fingerprint density at radius 1 is 0.625 bits per heavy atom. The lowest BCUT2D eigenvalue weighted by Gasteiger charge is -2.10. The molecule has 0 saturated heterocycles. The fourth-order valence-corrected chi connectivity index (χ4v) is 4.59. The van der Waals surface area contributed by atoms with E-state index in [0.29, 0.717) is 11.3 Å². The van der Waals surface area contributed by atoms with Crippen molar-refractivity contribution in [2.24, 2.45) is 0 Å². The van der Waals surface area contributed by atoms with Crippen molar-refractivity contribution in [3.63, 3.8) is 0 Å². The van der Waals surface area contributed by atoms with Gasteiger partial charge in [-0.15, -0.1) is 0 Å². The van der Waals surface area contributed by atoms with Gasteiger partial charge < -0.3 is 14.1 Å². The monoisotopic (exact) mass is 414 g/mol. The van der Waals surface area contributed by atoms with E-state index in [4.69, 9.17) is 9.07 Å². The van der Waals surface area contributed by atoms with Crippen LogP contribution < -0.4 is 4.65 Å². The van der Waals surface area contributed by atoms with Crippen LogP contribution in [0.2, 0.25) is 0 Å². The molecule has 0 amide bonds. The van der Waals surface area contributed by atoms with Gasteiger partial charge in [0.05, 0.1) is 0 Å². The minimum absolute atomic E-state index is 0.409. The van der Waals surface area contributed by atoms with Crippen LogP contribution in [0.25, 0.3) is 55.0 Å². The molecule has 0 saturated carbocycles. The number of hydrogen-bond acceptors (Lipinski definition) is 3. The summed E-state index contributed by atoms with van der Waals surface area (Å²) in [5.41, 5.74) is 5.90. The highest BCUT2D eigenvalue weighted by Crippen LogP contribution is 2.44. The van der Waals surface area contributed by atoms with Crippen LogP contribution in [0.1, 0.15) is 0 Å². The first-order valence-electron chi connectivity index (χ1n) is 10.6. The first kappa shape index (κ1) is 18.7. The maximum absolute atomic E-state index is 9.46. The fraction of sp³-hybridized carbons (Fsp3) is 0. The lowest BCUT2D eigenvalue weighted by Crippen LogP contribution is -1.99. The molecule has 3 nitrogen and oxygen atoms in total. The molecule has 4 heteroatoms. The highest BCUT2D eigenvalue weighted by molar-refractivity contribution is 6.24. The van der Waals surface area contributed by atoms with Crippen LogP contribution in [0.4, 0.5) is 0 Å². The van der Waals surface area contributed by atoms with Crippen LogP contribution in [0.5, 0.6) is 5.75 Å². The Bertz CT molecular complexity index is 1590. The number of furan rings is 1. The number of para-hydroxylation sites is 1. The van der Waals surface area contributed by atoms with E-state index in [2.05, 4.69) is 72.8 Å².